The Hall–Kier alpha value is -2.39. The molecule has 0 spiro atoms. The molecule has 3 rings (SSSR count). The van der Waals surface area contributed by atoms with Crippen molar-refractivity contribution in [2.75, 3.05) is 4.72 Å². The average Bonchev–Trinajstić information content (AvgIpc) is 3.06. The number of rotatable bonds is 3. The van der Waals surface area contributed by atoms with Gasteiger partial charge in [-0.05, 0) is 29.6 Å². The van der Waals surface area contributed by atoms with Gasteiger partial charge in [0.15, 0.2) is 0 Å². The minimum atomic E-state index is -3.67. The molecule has 0 radical (unpaired) electrons. The first-order chi connectivity index (χ1) is 10.8. The number of nitrogens with one attached hydrogen (secondary N) is 1. The zero-order valence-electron chi connectivity index (χ0n) is 12.3. The Kier molecular flexibility index (Phi) is 3.61. The van der Waals surface area contributed by atoms with Gasteiger partial charge in [0.1, 0.15) is 4.21 Å². The van der Waals surface area contributed by atoms with E-state index >= 15 is 0 Å². The third-order valence-corrected chi connectivity index (χ3v) is 6.28. The molecule has 120 valence electrons. The van der Waals surface area contributed by atoms with Crippen molar-refractivity contribution in [3.8, 4) is 0 Å². The quantitative estimate of drug-likeness (QED) is 0.716. The Morgan fingerprint density at radius 1 is 1.00 bits per heavy atom. The van der Waals surface area contributed by atoms with Crippen LogP contribution in [-0.2, 0) is 24.1 Å². The summed E-state index contributed by atoms with van der Waals surface area (Å²) in [6.07, 6.45) is 0. The molecule has 2 aromatic heterocycles. The Balaban J connectivity index is 2.15. The average molecular weight is 351 g/mol. The smallest absolute Gasteiger partial charge is 0.305 e. The monoisotopic (exact) mass is 351 g/mol. The molecule has 0 saturated carbocycles. The number of nitrogens with zero attached hydrogens (tertiary/aromatic N) is 2. The van der Waals surface area contributed by atoms with Crippen LogP contribution in [0.25, 0.3) is 11.0 Å². The number of thiophene rings is 1. The summed E-state index contributed by atoms with van der Waals surface area (Å²) in [4.78, 5) is 23.7. The second-order valence-electron chi connectivity index (χ2n) is 4.97. The van der Waals surface area contributed by atoms with Crippen LogP contribution >= 0.6 is 11.3 Å². The van der Waals surface area contributed by atoms with Crippen LogP contribution < -0.4 is 15.8 Å². The lowest BCUT2D eigenvalue weighted by Gasteiger charge is -2.11. The summed E-state index contributed by atoms with van der Waals surface area (Å²) in [6, 6.07) is 7.84. The molecule has 0 bridgehead atoms. The topological polar surface area (TPSA) is 90.2 Å². The van der Waals surface area contributed by atoms with Gasteiger partial charge >= 0.3 is 11.1 Å². The number of aromatic nitrogens is 2. The number of hydrogen-bond acceptors (Lipinski definition) is 5. The fourth-order valence-electron chi connectivity index (χ4n) is 2.27. The Labute approximate surface area is 135 Å². The lowest BCUT2D eigenvalue weighted by atomic mass is 10.2. The minimum absolute atomic E-state index is 0.201. The summed E-state index contributed by atoms with van der Waals surface area (Å²) in [5.41, 5.74) is 0.0179. The summed E-state index contributed by atoms with van der Waals surface area (Å²) < 4.78 is 29.6. The first kappa shape index (κ1) is 15.5. The normalized spacial score (nSPS) is 11.7. The molecule has 23 heavy (non-hydrogen) atoms. The number of aryl methyl sites for hydroxylation is 2. The molecule has 1 aromatic carbocycles. The van der Waals surface area contributed by atoms with Crippen molar-refractivity contribution >= 4 is 38.1 Å². The molecule has 9 heteroatoms. The summed E-state index contributed by atoms with van der Waals surface area (Å²) in [5.74, 6) is 0. The number of benzene rings is 1. The molecular weight excluding hydrogens is 338 g/mol. The molecule has 3 aromatic rings. The SMILES string of the molecule is Cn1c(=O)c(=O)n(C)c2cc(NS(=O)(=O)c3cccs3)ccc21. The summed E-state index contributed by atoms with van der Waals surface area (Å²) in [6.45, 7) is 0. The highest BCUT2D eigenvalue weighted by Gasteiger charge is 2.16. The van der Waals surface area contributed by atoms with Crippen molar-refractivity contribution in [3.63, 3.8) is 0 Å². The molecule has 0 atom stereocenters. The third-order valence-electron chi connectivity index (χ3n) is 3.50. The van der Waals surface area contributed by atoms with E-state index in [0.29, 0.717) is 16.7 Å². The summed E-state index contributed by atoms with van der Waals surface area (Å²) in [7, 11) is -0.690. The summed E-state index contributed by atoms with van der Waals surface area (Å²) >= 11 is 1.11. The molecule has 0 unspecified atom stereocenters. The second-order valence-corrected chi connectivity index (χ2v) is 7.83. The van der Waals surface area contributed by atoms with Crippen molar-refractivity contribution in [2.24, 2.45) is 14.1 Å². The predicted octanol–water partition coefficient (Wildman–Crippen LogP) is 1.10. The molecule has 2 heterocycles. The fraction of sp³-hybridized carbons (Fsp3) is 0.143. The maximum Gasteiger partial charge on any atom is 0.316 e. The van der Waals surface area contributed by atoms with E-state index in [1.54, 1.807) is 23.6 Å². The number of hydrogen-bond donors (Lipinski definition) is 1. The zero-order valence-corrected chi connectivity index (χ0v) is 13.9. The van der Waals surface area contributed by atoms with Crippen molar-refractivity contribution < 1.29 is 8.42 Å². The Bertz CT molecular complexity index is 1110. The lowest BCUT2D eigenvalue weighted by molar-refractivity contribution is 0.603. The van der Waals surface area contributed by atoms with Gasteiger partial charge in [-0.3, -0.25) is 14.3 Å². The van der Waals surface area contributed by atoms with E-state index in [1.807, 2.05) is 0 Å². The van der Waals surface area contributed by atoms with Crippen LogP contribution in [0.1, 0.15) is 0 Å². The van der Waals surface area contributed by atoms with Gasteiger partial charge in [0.25, 0.3) is 10.0 Å². The van der Waals surface area contributed by atoms with Crippen LogP contribution in [0, 0.1) is 0 Å². The van der Waals surface area contributed by atoms with Crippen molar-refractivity contribution in [1.29, 1.82) is 0 Å². The molecule has 0 aliphatic carbocycles. The highest BCUT2D eigenvalue weighted by molar-refractivity contribution is 7.94. The molecule has 0 aliphatic heterocycles. The maximum absolute atomic E-state index is 12.2. The third kappa shape index (κ3) is 2.57. The molecule has 0 aliphatic rings. The molecule has 0 amide bonds. The fourth-order valence-corrected chi connectivity index (χ4v) is 4.31. The number of anilines is 1. The van der Waals surface area contributed by atoms with Gasteiger partial charge < -0.3 is 9.13 Å². The second kappa shape index (κ2) is 5.36. The number of fused-ring (bicyclic) bond motifs is 1. The van der Waals surface area contributed by atoms with E-state index in [1.165, 1.54) is 35.4 Å². The van der Waals surface area contributed by atoms with Crippen molar-refractivity contribution in [2.45, 2.75) is 4.21 Å². The predicted molar refractivity (Wildman–Crippen MR) is 89.6 cm³/mol. The van der Waals surface area contributed by atoms with Crippen LogP contribution in [0.2, 0.25) is 0 Å². The van der Waals surface area contributed by atoms with Crippen molar-refractivity contribution in [1.82, 2.24) is 9.13 Å². The standard InChI is InChI=1S/C14H13N3O4S2/c1-16-10-6-5-9(8-11(10)17(2)14(19)13(16)18)15-23(20,21)12-4-3-7-22-12/h3-8,15H,1-2H3. The molecule has 0 saturated heterocycles. The van der Waals surface area contributed by atoms with Gasteiger partial charge in [0.2, 0.25) is 0 Å². The van der Waals surface area contributed by atoms with Crippen molar-refractivity contribution in [3.05, 3.63) is 56.4 Å². The molecule has 7 nitrogen and oxygen atoms in total. The maximum atomic E-state index is 12.2. The van der Waals surface area contributed by atoms with E-state index in [2.05, 4.69) is 4.72 Å². The first-order valence-corrected chi connectivity index (χ1v) is 8.93. The van der Waals surface area contributed by atoms with Gasteiger partial charge in [-0.25, -0.2) is 8.42 Å². The summed E-state index contributed by atoms with van der Waals surface area (Å²) in [5, 5.41) is 1.68. The molecule has 0 fully saturated rings. The van der Waals surface area contributed by atoms with E-state index in [0.717, 1.165) is 11.3 Å². The molecular formula is C14H13N3O4S2. The van der Waals surface area contributed by atoms with Crippen LogP contribution in [-0.4, -0.2) is 17.6 Å². The van der Waals surface area contributed by atoms with E-state index in [9.17, 15) is 18.0 Å². The lowest BCUT2D eigenvalue weighted by Crippen LogP contribution is -2.39. The largest absolute Gasteiger partial charge is 0.316 e. The van der Waals surface area contributed by atoms with Crippen LogP contribution in [0.4, 0.5) is 5.69 Å². The van der Waals surface area contributed by atoms with Crippen LogP contribution in [0.3, 0.4) is 0 Å². The van der Waals surface area contributed by atoms with Gasteiger partial charge in [0.05, 0.1) is 16.7 Å². The van der Waals surface area contributed by atoms with Gasteiger partial charge in [-0.2, -0.15) is 0 Å². The Morgan fingerprint density at radius 2 is 1.65 bits per heavy atom. The van der Waals surface area contributed by atoms with E-state index in [4.69, 9.17) is 0 Å². The first-order valence-electron chi connectivity index (χ1n) is 6.57. The number of sulfonamides is 1. The Morgan fingerprint density at radius 3 is 2.26 bits per heavy atom. The van der Waals surface area contributed by atoms with Crippen LogP contribution in [0.5, 0.6) is 0 Å². The van der Waals surface area contributed by atoms with Gasteiger partial charge in [0, 0.05) is 14.1 Å². The molecule has 1 N–H and O–H groups in total. The van der Waals surface area contributed by atoms with Crippen LogP contribution in [0.15, 0.2) is 49.5 Å². The zero-order chi connectivity index (χ0) is 16.8. The highest BCUT2D eigenvalue weighted by atomic mass is 32.2. The van der Waals surface area contributed by atoms with E-state index < -0.39 is 21.1 Å². The van der Waals surface area contributed by atoms with Gasteiger partial charge in [-0.1, -0.05) is 6.07 Å². The minimum Gasteiger partial charge on any atom is -0.305 e. The van der Waals surface area contributed by atoms with E-state index in [-0.39, 0.29) is 4.21 Å². The highest BCUT2D eigenvalue weighted by Crippen LogP contribution is 2.22. The van der Waals surface area contributed by atoms with Gasteiger partial charge in [-0.15, -0.1) is 11.3 Å².